The number of sulfonamides is 1. The Hall–Kier alpha value is -2.87. The van der Waals surface area contributed by atoms with Gasteiger partial charge in [0.1, 0.15) is 0 Å². The zero-order chi connectivity index (χ0) is 22.3. The Balaban J connectivity index is 2.15. The number of benzene rings is 2. The van der Waals surface area contributed by atoms with E-state index in [-0.39, 0.29) is 35.7 Å². The molecule has 2 aromatic rings. The van der Waals surface area contributed by atoms with Crippen molar-refractivity contribution in [2.24, 2.45) is 5.92 Å². The molecule has 0 unspecified atom stereocenters. The van der Waals surface area contributed by atoms with Gasteiger partial charge in [0, 0.05) is 24.3 Å². The number of hydrogen-bond acceptors (Lipinski definition) is 5. The highest BCUT2D eigenvalue weighted by molar-refractivity contribution is 7.92. The molecule has 30 heavy (non-hydrogen) atoms. The van der Waals surface area contributed by atoms with Crippen LogP contribution in [0.2, 0.25) is 0 Å². The Morgan fingerprint density at radius 1 is 1.03 bits per heavy atom. The van der Waals surface area contributed by atoms with Gasteiger partial charge in [0.05, 0.1) is 18.4 Å². The first-order valence-electron chi connectivity index (χ1n) is 9.68. The number of nitrogens with one attached hydrogen (secondary N) is 1. The Morgan fingerprint density at radius 3 is 2.17 bits per heavy atom. The van der Waals surface area contributed by atoms with Crippen LogP contribution in [0.25, 0.3) is 0 Å². The normalized spacial score (nSPS) is 11.2. The summed E-state index contributed by atoms with van der Waals surface area (Å²) in [5.41, 5.74) is 1.85. The lowest BCUT2D eigenvalue weighted by Crippen LogP contribution is -2.36. The van der Waals surface area contributed by atoms with Crippen LogP contribution >= 0.6 is 0 Å². The van der Waals surface area contributed by atoms with Crippen molar-refractivity contribution in [2.45, 2.75) is 32.1 Å². The number of amides is 1. The Morgan fingerprint density at radius 2 is 1.63 bits per heavy atom. The van der Waals surface area contributed by atoms with Gasteiger partial charge in [-0.2, -0.15) is 0 Å². The molecule has 8 heteroatoms. The van der Waals surface area contributed by atoms with Crippen LogP contribution in [0.5, 0.6) is 0 Å². The van der Waals surface area contributed by atoms with Crippen molar-refractivity contribution in [2.75, 3.05) is 24.9 Å². The maximum Gasteiger partial charge on any atom is 0.307 e. The van der Waals surface area contributed by atoms with Crippen LogP contribution in [-0.2, 0) is 19.6 Å². The van der Waals surface area contributed by atoms with Crippen molar-refractivity contribution in [3.63, 3.8) is 0 Å². The molecule has 0 saturated carbocycles. The lowest BCUT2D eigenvalue weighted by molar-refractivity contribution is -0.140. The van der Waals surface area contributed by atoms with Crippen LogP contribution in [0.1, 0.15) is 36.2 Å². The maximum atomic E-state index is 12.9. The topological polar surface area (TPSA) is 92.8 Å². The smallest absolute Gasteiger partial charge is 0.307 e. The van der Waals surface area contributed by atoms with Gasteiger partial charge in [-0.05, 0) is 49.2 Å². The van der Waals surface area contributed by atoms with Crippen molar-refractivity contribution < 1.29 is 22.7 Å². The molecule has 2 rings (SSSR count). The first kappa shape index (κ1) is 23.4. The molecule has 0 aromatic heterocycles. The van der Waals surface area contributed by atoms with Gasteiger partial charge in [-0.15, -0.1) is 0 Å². The molecule has 0 aliphatic rings. The van der Waals surface area contributed by atoms with E-state index in [9.17, 15) is 18.0 Å². The number of rotatable bonds is 9. The third-order valence-electron chi connectivity index (χ3n) is 4.40. The molecule has 1 amide bonds. The van der Waals surface area contributed by atoms with Gasteiger partial charge in [-0.3, -0.25) is 14.3 Å². The number of esters is 1. The number of methoxy groups -OCH3 is 1. The Bertz CT molecular complexity index is 968. The zero-order valence-corrected chi connectivity index (χ0v) is 18.5. The molecule has 0 radical (unpaired) electrons. The lowest BCUT2D eigenvalue weighted by atomic mass is 10.1. The fourth-order valence-corrected chi connectivity index (χ4v) is 3.90. The number of carbonyl (C=O) groups excluding carboxylic acids is 2. The van der Waals surface area contributed by atoms with Crippen molar-refractivity contribution in [3.05, 3.63) is 59.7 Å². The summed E-state index contributed by atoms with van der Waals surface area (Å²) in [6, 6.07) is 12.8. The predicted molar refractivity (Wildman–Crippen MR) is 116 cm³/mol. The van der Waals surface area contributed by atoms with E-state index in [2.05, 4.69) is 9.46 Å². The number of carbonyl (C=O) groups is 2. The van der Waals surface area contributed by atoms with Crippen LogP contribution in [0.4, 0.5) is 5.69 Å². The molecule has 162 valence electrons. The van der Waals surface area contributed by atoms with E-state index in [1.54, 1.807) is 17.0 Å². The van der Waals surface area contributed by atoms with Gasteiger partial charge in [0.25, 0.3) is 15.9 Å². The number of anilines is 1. The van der Waals surface area contributed by atoms with E-state index in [1.165, 1.54) is 31.4 Å². The molecule has 1 N–H and O–H groups in total. The molecule has 0 spiro atoms. The SMILES string of the molecule is COC(=O)CCN(CC(C)C)C(=O)c1ccc(S(=O)(=O)Nc2ccc(C)cc2)cc1. The summed E-state index contributed by atoms with van der Waals surface area (Å²) in [7, 11) is -2.46. The van der Waals surface area contributed by atoms with Gasteiger partial charge in [0.15, 0.2) is 0 Å². The van der Waals surface area contributed by atoms with Gasteiger partial charge >= 0.3 is 5.97 Å². The standard InChI is InChI=1S/C22H28N2O5S/c1-16(2)15-24(14-13-21(25)29-4)22(26)18-7-11-20(12-8-18)30(27,28)23-19-9-5-17(3)6-10-19/h5-12,16,23H,13-15H2,1-4H3. The van der Waals surface area contributed by atoms with Crippen LogP contribution in [0.3, 0.4) is 0 Å². The number of nitrogens with zero attached hydrogens (tertiary/aromatic N) is 1. The highest BCUT2D eigenvalue weighted by Gasteiger charge is 2.20. The first-order chi connectivity index (χ1) is 14.1. The molecule has 7 nitrogen and oxygen atoms in total. The summed E-state index contributed by atoms with van der Waals surface area (Å²) in [6.45, 7) is 6.58. The van der Waals surface area contributed by atoms with Crippen LogP contribution in [0.15, 0.2) is 53.4 Å². The first-order valence-corrected chi connectivity index (χ1v) is 11.2. The van der Waals surface area contributed by atoms with Gasteiger partial charge < -0.3 is 9.64 Å². The van der Waals surface area contributed by atoms with E-state index in [0.717, 1.165) is 5.56 Å². The Kier molecular flexibility index (Phi) is 8.00. The summed E-state index contributed by atoms with van der Waals surface area (Å²) in [5, 5.41) is 0. The minimum atomic E-state index is -3.77. The average Bonchev–Trinajstić information content (AvgIpc) is 2.71. The van der Waals surface area contributed by atoms with Crippen LogP contribution < -0.4 is 4.72 Å². The van der Waals surface area contributed by atoms with Crippen molar-refractivity contribution >= 4 is 27.6 Å². The van der Waals surface area contributed by atoms with E-state index in [0.29, 0.717) is 17.8 Å². The summed E-state index contributed by atoms with van der Waals surface area (Å²) in [4.78, 5) is 26.0. The fourth-order valence-electron chi connectivity index (χ4n) is 2.84. The van der Waals surface area contributed by atoms with Crippen molar-refractivity contribution in [1.82, 2.24) is 4.90 Å². The monoisotopic (exact) mass is 432 g/mol. The maximum absolute atomic E-state index is 12.9. The summed E-state index contributed by atoms with van der Waals surface area (Å²) in [6.07, 6.45) is 0.0991. The van der Waals surface area contributed by atoms with Gasteiger partial charge in [-0.1, -0.05) is 31.5 Å². The molecule has 2 aromatic carbocycles. The number of aryl methyl sites for hydroxylation is 1. The molecule has 0 aliphatic carbocycles. The van der Waals surface area contributed by atoms with E-state index >= 15 is 0 Å². The molecule has 0 fully saturated rings. The molecular formula is C22H28N2O5S. The number of hydrogen-bond donors (Lipinski definition) is 1. The van der Waals surface area contributed by atoms with E-state index in [4.69, 9.17) is 0 Å². The largest absolute Gasteiger partial charge is 0.469 e. The highest BCUT2D eigenvalue weighted by atomic mass is 32.2. The third kappa shape index (κ3) is 6.59. The van der Waals surface area contributed by atoms with Crippen molar-refractivity contribution in [1.29, 1.82) is 0 Å². The fraction of sp³-hybridized carbons (Fsp3) is 0.364. The summed E-state index contributed by atoms with van der Waals surface area (Å²) >= 11 is 0. The zero-order valence-electron chi connectivity index (χ0n) is 17.7. The third-order valence-corrected chi connectivity index (χ3v) is 5.80. The molecule has 0 heterocycles. The molecule has 0 atom stereocenters. The second-order valence-corrected chi connectivity index (χ2v) is 9.15. The minimum Gasteiger partial charge on any atom is -0.469 e. The lowest BCUT2D eigenvalue weighted by Gasteiger charge is -2.24. The second kappa shape index (κ2) is 10.2. The van der Waals surface area contributed by atoms with Crippen LogP contribution in [0, 0.1) is 12.8 Å². The minimum absolute atomic E-state index is 0.0598. The predicted octanol–water partition coefficient (Wildman–Crippen LogP) is 3.46. The second-order valence-electron chi connectivity index (χ2n) is 7.47. The molecule has 0 aliphatic heterocycles. The Labute approximate surface area is 178 Å². The van der Waals surface area contributed by atoms with E-state index in [1.807, 2.05) is 32.9 Å². The average molecular weight is 433 g/mol. The molecule has 0 bridgehead atoms. The molecular weight excluding hydrogens is 404 g/mol. The quantitative estimate of drug-likeness (QED) is 0.613. The van der Waals surface area contributed by atoms with E-state index < -0.39 is 10.0 Å². The molecule has 0 saturated heterocycles. The van der Waals surface area contributed by atoms with Gasteiger partial charge in [0.2, 0.25) is 0 Å². The van der Waals surface area contributed by atoms with Gasteiger partial charge in [-0.25, -0.2) is 8.42 Å². The van der Waals surface area contributed by atoms with Crippen molar-refractivity contribution in [3.8, 4) is 0 Å². The highest BCUT2D eigenvalue weighted by Crippen LogP contribution is 2.18. The summed E-state index contributed by atoms with van der Waals surface area (Å²) in [5.74, 6) is -0.437. The number of ether oxygens (including phenoxy) is 1. The summed E-state index contributed by atoms with van der Waals surface area (Å²) < 4.78 is 32.4. The van der Waals surface area contributed by atoms with Crippen LogP contribution in [-0.4, -0.2) is 45.4 Å².